The van der Waals surface area contributed by atoms with Crippen LogP contribution in [0.15, 0.2) is 36.4 Å². The van der Waals surface area contributed by atoms with E-state index in [1.54, 1.807) is 19.2 Å². The number of phenolic OH excluding ortho intramolecular Hbond substituents is 1. The van der Waals surface area contributed by atoms with E-state index in [1.165, 1.54) is 38.5 Å². The number of phenols is 1. The third-order valence-corrected chi connectivity index (χ3v) is 7.97. The van der Waals surface area contributed by atoms with E-state index in [-0.39, 0.29) is 11.7 Å². The van der Waals surface area contributed by atoms with Gasteiger partial charge in [-0.05, 0) is 67.2 Å². The Morgan fingerprint density at radius 2 is 1.82 bits per heavy atom. The quantitative estimate of drug-likeness (QED) is 0.574. The second kappa shape index (κ2) is 8.22. The molecule has 2 bridgehead atoms. The summed E-state index contributed by atoms with van der Waals surface area (Å²) in [6, 6.07) is 11.3. The average Bonchev–Trinajstić information content (AvgIpc) is 2.81. The van der Waals surface area contributed by atoms with Gasteiger partial charge in [-0.25, -0.2) is 4.98 Å². The van der Waals surface area contributed by atoms with E-state index in [1.807, 2.05) is 24.3 Å². The number of fused-ring (bicyclic) bond motifs is 3. The number of rotatable bonds is 4. The third-order valence-electron chi connectivity index (χ3n) is 7.97. The Morgan fingerprint density at radius 1 is 1.09 bits per heavy atom. The molecular formula is C27H33N5O2. The van der Waals surface area contributed by atoms with Crippen molar-refractivity contribution in [2.24, 2.45) is 10.8 Å². The summed E-state index contributed by atoms with van der Waals surface area (Å²) in [7, 11) is 3.69. The van der Waals surface area contributed by atoms with Gasteiger partial charge < -0.3 is 15.3 Å². The summed E-state index contributed by atoms with van der Waals surface area (Å²) in [6.07, 6.45) is 7.69. The summed E-state index contributed by atoms with van der Waals surface area (Å²) in [6.45, 7) is 4.91. The Kier molecular flexibility index (Phi) is 5.46. The predicted molar refractivity (Wildman–Crippen MR) is 134 cm³/mol. The van der Waals surface area contributed by atoms with Crippen molar-refractivity contribution in [1.82, 2.24) is 20.5 Å². The number of pyridine rings is 1. The monoisotopic (exact) mass is 459 g/mol. The molecule has 2 N–H and O–H groups in total. The molecule has 5 rings (SSSR count). The van der Waals surface area contributed by atoms with Crippen molar-refractivity contribution in [3.63, 3.8) is 0 Å². The molecule has 2 aliphatic carbocycles. The standard InChI is InChI=1S/C27H33N5O2/c1-26-10-5-11-27(2,16-26)15-18(14-26)32(4)24-9-8-20(30-31-24)19-12-17-6-7-21(25(34)28-3)29-22(17)13-23(19)33/h6-9,12-13,18,33H,5,10-11,14-16H2,1-4H3,(H,28,34)/t18?,26-,27+. The van der Waals surface area contributed by atoms with Gasteiger partial charge in [0.05, 0.1) is 11.2 Å². The highest BCUT2D eigenvalue weighted by Gasteiger charge is 2.47. The van der Waals surface area contributed by atoms with Crippen LogP contribution in [0.2, 0.25) is 0 Å². The number of hydrogen-bond donors (Lipinski definition) is 2. The van der Waals surface area contributed by atoms with Crippen molar-refractivity contribution in [3.05, 3.63) is 42.1 Å². The third kappa shape index (κ3) is 4.08. The van der Waals surface area contributed by atoms with Crippen molar-refractivity contribution >= 4 is 22.6 Å². The smallest absolute Gasteiger partial charge is 0.269 e. The Labute approximate surface area is 200 Å². The maximum Gasteiger partial charge on any atom is 0.269 e. The molecule has 1 amide bonds. The first kappa shape index (κ1) is 22.6. The van der Waals surface area contributed by atoms with Gasteiger partial charge in [-0.15, -0.1) is 10.2 Å². The predicted octanol–water partition coefficient (Wildman–Crippen LogP) is 4.94. The molecule has 2 saturated carbocycles. The van der Waals surface area contributed by atoms with Crippen molar-refractivity contribution < 1.29 is 9.90 Å². The summed E-state index contributed by atoms with van der Waals surface area (Å²) in [4.78, 5) is 18.5. The minimum absolute atomic E-state index is 0.0606. The van der Waals surface area contributed by atoms with Crippen molar-refractivity contribution in [3.8, 4) is 17.0 Å². The van der Waals surface area contributed by atoms with Gasteiger partial charge >= 0.3 is 0 Å². The number of benzene rings is 1. The first-order valence-corrected chi connectivity index (χ1v) is 12.1. The molecule has 7 heteroatoms. The molecule has 3 atom stereocenters. The van der Waals surface area contributed by atoms with E-state index in [0.717, 1.165) is 11.2 Å². The van der Waals surface area contributed by atoms with Crippen LogP contribution in [0.3, 0.4) is 0 Å². The maximum atomic E-state index is 11.9. The van der Waals surface area contributed by atoms with Crippen LogP contribution in [-0.4, -0.2) is 46.3 Å². The van der Waals surface area contributed by atoms with Crippen molar-refractivity contribution in [1.29, 1.82) is 0 Å². The van der Waals surface area contributed by atoms with Gasteiger partial charge in [0, 0.05) is 37.2 Å². The molecular weight excluding hydrogens is 426 g/mol. The van der Waals surface area contributed by atoms with Crippen molar-refractivity contribution in [2.45, 2.75) is 58.4 Å². The van der Waals surface area contributed by atoms with E-state index in [2.05, 4.69) is 46.3 Å². The number of carbonyl (C=O) groups is 1. The Morgan fingerprint density at radius 3 is 2.47 bits per heavy atom. The minimum atomic E-state index is -0.263. The summed E-state index contributed by atoms with van der Waals surface area (Å²) < 4.78 is 0. The maximum absolute atomic E-state index is 11.9. The van der Waals surface area contributed by atoms with Crippen LogP contribution in [0.5, 0.6) is 5.75 Å². The Balaban J connectivity index is 1.39. The number of aromatic hydroxyl groups is 1. The van der Waals surface area contributed by atoms with E-state index < -0.39 is 0 Å². The minimum Gasteiger partial charge on any atom is -0.507 e. The molecule has 2 heterocycles. The first-order chi connectivity index (χ1) is 16.2. The van der Waals surface area contributed by atoms with Gasteiger partial charge in [0.25, 0.3) is 5.91 Å². The molecule has 0 saturated heterocycles. The van der Waals surface area contributed by atoms with E-state index >= 15 is 0 Å². The van der Waals surface area contributed by atoms with Crippen molar-refractivity contribution in [2.75, 3.05) is 19.0 Å². The van der Waals surface area contributed by atoms with Crippen LogP contribution >= 0.6 is 0 Å². The zero-order chi connectivity index (χ0) is 24.1. The lowest BCUT2D eigenvalue weighted by Gasteiger charge is -2.54. The largest absolute Gasteiger partial charge is 0.507 e. The fourth-order valence-corrected chi connectivity index (χ4v) is 6.45. The Hall–Kier alpha value is -3.22. The molecule has 2 aromatic heterocycles. The first-order valence-electron chi connectivity index (χ1n) is 12.1. The van der Waals surface area contributed by atoms with Gasteiger partial charge in [-0.1, -0.05) is 26.3 Å². The van der Waals surface area contributed by atoms with Crippen LogP contribution in [0.25, 0.3) is 22.2 Å². The normalized spacial score (nSPS) is 26.3. The summed E-state index contributed by atoms with van der Waals surface area (Å²) in [5.41, 5.74) is 2.89. The zero-order valence-electron chi connectivity index (χ0n) is 20.4. The molecule has 1 unspecified atom stereocenters. The molecule has 2 fully saturated rings. The van der Waals surface area contributed by atoms with Crippen LogP contribution in [-0.2, 0) is 0 Å². The SMILES string of the molecule is CNC(=O)c1ccc2cc(-c3ccc(N(C)C4C[C@]5(C)CCC[C@](C)(C4)C5)nn3)c(O)cc2n1. The fourth-order valence-electron chi connectivity index (χ4n) is 6.45. The van der Waals surface area contributed by atoms with E-state index in [0.29, 0.717) is 39.3 Å². The van der Waals surface area contributed by atoms with Crippen LogP contribution in [0, 0.1) is 10.8 Å². The van der Waals surface area contributed by atoms with Crippen LogP contribution in [0.1, 0.15) is 62.9 Å². The highest BCUT2D eigenvalue weighted by molar-refractivity contribution is 5.96. The molecule has 34 heavy (non-hydrogen) atoms. The molecule has 3 aromatic rings. The van der Waals surface area contributed by atoms with Gasteiger partial charge in [-0.3, -0.25) is 4.79 Å². The molecule has 1 aromatic carbocycles. The second-order valence-corrected chi connectivity index (χ2v) is 10.9. The molecule has 178 valence electrons. The van der Waals surface area contributed by atoms with Crippen LogP contribution < -0.4 is 10.2 Å². The van der Waals surface area contributed by atoms with E-state index in [9.17, 15) is 9.90 Å². The fraction of sp³-hybridized carbons (Fsp3) is 0.481. The summed E-state index contributed by atoms with van der Waals surface area (Å²) in [5, 5.41) is 23.0. The lowest BCUT2D eigenvalue weighted by atomic mass is 9.55. The number of carbonyl (C=O) groups excluding carboxylic acids is 1. The Bertz CT molecular complexity index is 1230. The number of nitrogens with one attached hydrogen (secondary N) is 1. The number of aromatic nitrogens is 3. The topological polar surface area (TPSA) is 91.2 Å². The van der Waals surface area contributed by atoms with Crippen LogP contribution in [0.4, 0.5) is 5.82 Å². The molecule has 0 radical (unpaired) electrons. The lowest BCUT2D eigenvalue weighted by Crippen LogP contribution is -2.49. The number of anilines is 1. The average molecular weight is 460 g/mol. The number of nitrogens with zero attached hydrogens (tertiary/aromatic N) is 4. The number of amides is 1. The molecule has 2 aliphatic rings. The summed E-state index contributed by atoms with van der Waals surface area (Å²) in [5.74, 6) is 0.657. The van der Waals surface area contributed by atoms with Gasteiger partial charge in [-0.2, -0.15) is 0 Å². The van der Waals surface area contributed by atoms with Gasteiger partial charge in [0.1, 0.15) is 11.4 Å². The highest BCUT2D eigenvalue weighted by Crippen LogP contribution is 2.56. The highest BCUT2D eigenvalue weighted by atomic mass is 16.3. The zero-order valence-corrected chi connectivity index (χ0v) is 20.4. The number of hydrogen-bond acceptors (Lipinski definition) is 6. The summed E-state index contributed by atoms with van der Waals surface area (Å²) >= 11 is 0. The second-order valence-electron chi connectivity index (χ2n) is 10.9. The lowest BCUT2D eigenvalue weighted by molar-refractivity contribution is 0.0141. The van der Waals surface area contributed by atoms with Gasteiger partial charge in [0.15, 0.2) is 5.82 Å². The molecule has 7 nitrogen and oxygen atoms in total. The van der Waals surface area contributed by atoms with Gasteiger partial charge in [0.2, 0.25) is 0 Å². The molecule has 0 aliphatic heterocycles. The molecule has 0 spiro atoms. The van der Waals surface area contributed by atoms with E-state index in [4.69, 9.17) is 0 Å².